The summed E-state index contributed by atoms with van der Waals surface area (Å²) in [5, 5.41) is 3.05. The summed E-state index contributed by atoms with van der Waals surface area (Å²) < 4.78 is 16.5. The number of fused-ring (bicyclic) bond motifs is 1. The highest BCUT2D eigenvalue weighted by molar-refractivity contribution is 6.31. The summed E-state index contributed by atoms with van der Waals surface area (Å²) in [6.45, 7) is 2.23. The maximum absolute atomic E-state index is 12.8. The second-order valence-electron chi connectivity index (χ2n) is 5.96. The first kappa shape index (κ1) is 17.8. The van der Waals surface area contributed by atoms with E-state index in [9.17, 15) is 9.59 Å². The number of hydrogen-bond acceptors (Lipinski definition) is 5. The van der Waals surface area contributed by atoms with E-state index in [0.29, 0.717) is 55.1 Å². The third-order valence-electron chi connectivity index (χ3n) is 4.30. The van der Waals surface area contributed by atoms with E-state index < -0.39 is 0 Å². The lowest BCUT2D eigenvalue weighted by Crippen LogP contribution is -2.50. The molecule has 1 aromatic carbocycles. The highest BCUT2D eigenvalue weighted by Crippen LogP contribution is 2.35. The average molecular weight is 369 g/mol. The zero-order valence-corrected chi connectivity index (χ0v) is 14.8. The van der Waals surface area contributed by atoms with Crippen molar-refractivity contribution in [2.75, 3.05) is 40.0 Å². The molecule has 0 saturated carbocycles. The largest absolute Gasteiger partial charge is 0.486 e. The number of rotatable bonds is 4. The molecule has 2 aliphatic rings. The van der Waals surface area contributed by atoms with Crippen LogP contribution in [0.4, 0.5) is 0 Å². The number of ether oxygens (including phenoxy) is 3. The van der Waals surface area contributed by atoms with Crippen molar-refractivity contribution in [3.63, 3.8) is 0 Å². The Bertz CT molecular complexity index is 667. The van der Waals surface area contributed by atoms with Crippen LogP contribution in [-0.4, -0.2) is 62.8 Å². The van der Waals surface area contributed by atoms with Gasteiger partial charge in [0, 0.05) is 31.1 Å². The second kappa shape index (κ2) is 7.93. The van der Waals surface area contributed by atoms with Crippen molar-refractivity contribution >= 4 is 23.4 Å². The molecule has 2 heterocycles. The fourth-order valence-electron chi connectivity index (χ4n) is 2.97. The summed E-state index contributed by atoms with van der Waals surface area (Å²) >= 11 is 6.29. The molecule has 3 rings (SSSR count). The molecule has 0 aliphatic carbocycles. The Morgan fingerprint density at radius 3 is 2.68 bits per heavy atom. The van der Waals surface area contributed by atoms with Crippen molar-refractivity contribution < 1.29 is 23.8 Å². The fraction of sp³-hybridized carbons (Fsp3) is 0.529. The van der Waals surface area contributed by atoms with Crippen LogP contribution in [0.2, 0.25) is 5.02 Å². The minimum atomic E-state index is -0.266. The zero-order chi connectivity index (χ0) is 17.8. The molecule has 136 valence electrons. The van der Waals surface area contributed by atoms with Crippen molar-refractivity contribution in [2.45, 2.75) is 18.9 Å². The third-order valence-corrected chi connectivity index (χ3v) is 4.65. The first-order chi connectivity index (χ1) is 12.1. The van der Waals surface area contributed by atoms with Gasteiger partial charge in [0.1, 0.15) is 13.2 Å². The average Bonchev–Trinajstić information content (AvgIpc) is 2.62. The highest BCUT2D eigenvalue weighted by Gasteiger charge is 2.29. The first-order valence-corrected chi connectivity index (χ1v) is 8.62. The second-order valence-corrected chi connectivity index (χ2v) is 6.36. The molecule has 1 saturated heterocycles. The summed E-state index contributed by atoms with van der Waals surface area (Å²) in [5.41, 5.74) is 0.682. The van der Waals surface area contributed by atoms with Gasteiger partial charge in [-0.05, 0) is 11.6 Å². The molecular weight excluding hydrogens is 348 g/mol. The van der Waals surface area contributed by atoms with Crippen LogP contribution in [-0.2, 0) is 20.7 Å². The summed E-state index contributed by atoms with van der Waals surface area (Å²) in [6.07, 6.45) is 0.358. The van der Waals surface area contributed by atoms with Crippen LogP contribution in [0.15, 0.2) is 12.1 Å². The monoisotopic (exact) mass is 368 g/mol. The smallest absolute Gasteiger partial charge is 0.227 e. The highest BCUT2D eigenvalue weighted by atomic mass is 35.5. The third kappa shape index (κ3) is 4.16. The van der Waals surface area contributed by atoms with Gasteiger partial charge in [0.2, 0.25) is 11.8 Å². The normalized spacial score (nSPS) is 19.4. The molecule has 0 unspecified atom stereocenters. The number of halogens is 1. The Labute approximate surface area is 151 Å². The van der Waals surface area contributed by atoms with Gasteiger partial charge in [-0.15, -0.1) is 0 Å². The Balaban J connectivity index is 1.73. The standard InChI is InChI=1S/C17H21ClN2O5/c1-19-16(21)8-12-10-23-3-2-20(12)17(22)7-11-6-14-15(9-13(11)18)25-5-4-24-14/h6,9,12H,2-5,7-8,10H2,1H3,(H,19,21)/t12-/m1/s1. The number of carbonyl (C=O) groups excluding carboxylic acids is 2. The molecule has 1 atom stereocenters. The number of benzene rings is 1. The maximum Gasteiger partial charge on any atom is 0.227 e. The van der Waals surface area contributed by atoms with Crippen molar-refractivity contribution in [1.82, 2.24) is 10.2 Å². The quantitative estimate of drug-likeness (QED) is 0.858. The van der Waals surface area contributed by atoms with Gasteiger partial charge >= 0.3 is 0 Å². The lowest BCUT2D eigenvalue weighted by atomic mass is 10.1. The molecule has 0 bridgehead atoms. The van der Waals surface area contributed by atoms with Crippen LogP contribution in [0, 0.1) is 0 Å². The number of hydrogen-bond donors (Lipinski definition) is 1. The fourth-order valence-corrected chi connectivity index (χ4v) is 3.19. The molecule has 1 aromatic rings. The summed E-state index contributed by atoms with van der Waals surface area (Å²) in [4.78, 5) is 26.1. The van der Waals surface area contributed by atoms with Crippen LogP contribution in [0.1, 0.15) is 12.0 Å². The molecule has 0 radical (unpaired) electrons. The Hall–Kier alpha value is -1.99. The number of amides is 2. The predicted molar refractivity (Wildman–Crippen MR) is 91.1 cm³/mol. The molecule has 0 spiro atoms. The Morgan fingerprint density at radius 2 is 1.96 bits per heavy atom. The molecule has 1 fully saturated rings. The van der Waals surface area contributed by atoms with E-state index in [1.165, 1.54) is 0 Å². The Kier molecular flexibility index (Phi) is 5.65. The van der Waals surface area contributed by atoms with Gasteiger partial charge in [0.05, 0.1) is 25.7 Å². The topological polar surface area (TPSA) is 77.1 Å². The van der Waals surface area contributed by atoms with E-state index in [0.717, 1.165) is 0 Å². The van der Waals surface area contributed by atoms with Gasteiger partial charge in [0.25, 0.3) is 0 Å². The van der Waals surface area contributed by atoms with E-state index >= 15 is 0 Å². The van der Waals surface area contributed by atoms with Gasteiger partial charge in [-0.25, -0.2) is 0 Å². The van der Waals surface area contributed by atoms with Crippen molar-refractivity contribution in [2.24, 2.45) is 0 Å². The van der Waals surface area contributed by atoms with Crippen LogP contribution in [0.25, 0.3) is 0 Å². The van der Waals surface area contributed by atoms with Crippen LogP contribution in [0.5, 0.6) is 11.5 Å². The molecule has 8 heteroatoms. The van der Waals surface area contributed by atoms with E-state index in [-0.39, 0.29) is 30.7 Å². The van der Waals surface area contributed by atoms with Crippen molar-refractivity contribution in [3.8, 4) is 11.5 Å². The summed E-state index contributed by atoms with van der Waals surface area (Å²) in [7, 11) is 1.58. The molecule has 0 aromatic heterocycles. The van der Waals surface area contributed by atoms with Crippen molar-refractivity contribution in [1.29, 1.82) is 0 Å². The lowest BCUT2D eigenvalue weighted by Gasteiger charge is -2.35. The predicted octanol–water partition coefficient (Wildman–Crippen LogP) is 1.02. The minimum absolute atomic E-state index is 0.0872. The van der Waals surface area contributed by atoms with Crippen LogP contribution < -0.4 is 14.8 Å². The van der Waals surface area contributed by atoms with Gasteiger partial charge in [-0.2, -0.15) is 0 Å². The van der Waals surface area contributed by atoms with Gasteiger partial charge in [-0.1, -0.05) is 11.6 Å². The lowest BCUT2D eigenvalue weighted by molar-refractivity contribution is -0.140. The number of nitrogens with zero attached hydrogens (tertiary/aromatic N) is 1. The Morgan fingerprint density at radius 1 is 1.24 bits per heavy atom. The molecule has 2 amide bonds. The van der Waals surface area contributed by atoms with E-state index in [4.69, 9.17) is 25.8 Å². The van der Waals surface area contributed by atoms with E-state index in [1.807, 2.05) is 0 Å². The number of nitrogens with one attached hydrogen (secondary N) is 1. The van der Waals surface area contributed by atoms with Crippen molar-refractivity contribution in [3.05, 3.63) is 22.7 Å². The molecule has 2 aliphatic heterocycles. The molecular formula is C17H21ClN2O5. The minimum Gasteiger partial charge on any atom is -0.486 e. The zero-order valence-electron chi connectivity index (χ0n) is 14.0. The van der Waals surface area contributed by atoms with Crippen LogP contribution >= 0.6 is 11.6 Å². The summed E-state index contributed by atoms with van der Waals surface area (Å²) in [6, 6.07) is 3.17. The number of morpholine rings is 1. The van der Waals surface area contributed by atoms with E-state index in [2.05, 4.69) is 5.32 Å². The maximum atomic E-state index is 12.8. The molecule has 1 N–H and O–H groups in total. The SMILES string of the molecule is CNC(=O)C[C@@H]1COCCN1C(=O)Cc1cc2c(cc1Cl)OCCO2. The number of carbonyl (C=O) groups is 2. The summed E-state index contributed by atoms with van der Waals surface area (Å²) in [5.74, 6) is 0.986. The first-order valence-electron chi connectivity index (χ1n) is 8.24. The van der Waals surface area contributed by atoms with E-state index in [1.54, 1.807) is 24.1 Å². The molecule has 7 nitrogen and oxygen atoms in total. The van der Waals surface area contributed by atoms with Gasteiger partial charge in [-0.3, -0.25) is 9.59 Å². The molecule has 25 heavy (non-hydrogen) atoms. The van der Waals surface area contributed by atoms with Gasteiger partial charge in [0.15, 0.2) is 11.5 Å². The van der Waals surface area contributed by atoms with Crippen LogP contribution in [0.3, 0.4) is 0 Å². The van der Waals surface area contributed by atoms with Gasteiger partial charge < -0.3 is 24.4 Å².